The molecule has 0 aromatic heterocycles. The third-order valence-electron chi connectivity index (χ3n) is 4.30. The molecular weight excluding hydrogens is 386 g/mol. The number of nitrogens with zero attached hydrogens (tertiary/aromatic N) is 1. The number of hydrogen-bond acceptors (Lipinski definition) is 5. The number of benzene rings is 1. The van der Waals surface area contributed by atoms with Crippen LogP contribution < -0.4 is 10.6 Å². The Kier molecular flexibility index (Phi) is 10.3. The van der Waals surface area contributed by atoms with E-state index in [2.05, 4.69) is 10.6 Å². The van der Waals surface area contributed by atoms with Crippen LogP contribution in [0.1, 0.15) is 59.1 Å². The minimum absolute atomic E-state index is 0.214. The molecule has 3 N–H and O–H groups in total. The summed E-state index contributed by atoms with van der Waals surface area (Å²) in [5, 5.41) is 15.0. The Morgan fingerprint density at radius 1 is 1.13 bits per heavy atom. The lowest BCUT2D eigenvalue weighted by Crippen LogP contribution is -2.54. The van der Waals surface area contributed by atoms with Crippen LogP contribution in [0.25, 0.3) is 0 Å². The van der Waals surface area contributed by atoms with Gasteiger partial charge in [-0.2, -0.15) is 0 Å². The number of hydrogen-bond donors (Lipinski definition) is 3. The highest BCUT2D eigenvalue weighted by Crippen LogP contribution is 2.22. The van der Waals surface area contributed by atoms with Gasteiger partial charge in [0, 0.05) is 13.1 Å². The van der Waals surface area contributed by atoms with Crippen molar-refractivity contribution in [2.45, 2.75) is 65.1 Å². The van der Waals surface area contributed by atoms with Crippen molar-refractivity contribution in [1.82, 2.24) is 15.5 Å². The highest BCUT2D eigenvalue weighted by atomic mass is 16.6. The topological polar surface area (TPSA) is 108 Å². The van der Waals surface area contributed by atoms with Crippen molar-refractivity contribution in [2.24, 2.45) is 0 Å². The molecule has 0 saturated heterocycles. The third-order valence-corrected chi connectivity index (χ3v) is 4.30. The lowest BCUT2D eigenvalue weighted by molar-refractivity contribution is -0.143. The van der Waals surface area contributed by atoms with Crippen molar-refractivity contribution >= 4 is 17.9 Å². The number of carbonyl (C=O) groups is 3. The molecule has 0 aliphatic carbocycles. The van der Waals surface area contributed by atoms with Gasteiger partial charge in [-0.15, -0.1) is 0 Å². The van der Waals surface area contributed by atoms with Gasteiger partial charge in [-0.25, -0.2) is 4.79 Å². The minimum atomic E-state index is -1.23. The lowest BCUT2D eigenvalue weighted by atomic mass is 10.0. The van der Waals surface area contributed by atoms with E-state index in [9.17, 15) is 19.5 Å². The van der Waals surface area contributed by atoms with Gasteiger partial charge < -0.3 is 25.4 Å². The van der Waals surface area contributed by atoms with Crippen LogP contribution in [0.3, 0.4) is 0 Å². The van der Waals surface area contributed by atoms with Crippen LogP contribution in [0.5, 0.6) is 0 Å². The first-order valence-corrected chi connectivity index (χ1v) is 10.4. The molecule has 0 spiro atoms. The van der Waals surface area contributed by atoms with E-state index in [4.69, 9.17) is 4.74 Å². The van der Waals surface area contributed by atoms with Crippen LogP contribution in [0.15, 0.2) is 30.3 Å². The van der Waals surface area contributed by atoms with Crippen molar-refractivity contribution in [2.75, 3.05) is 19.7 Å². The van der Waals surface area contributed by atoms with Gasteiger partial charge in [0.05, 0.1) is 6.61 Å². The minimum Gasteiger partial charge on any atom is -0.444 e. The molecule has 1 aromatic carbocycles. The third kappa shape index (κ3) is 8.02. The first-order valence-electron chi connectivity index (χ1n) is 10.4. The largest absolute Gasteiger partial charge is 0.444 e. The van der Waals surface area contributed by atoms with Gasteiger partial charge in [0.25, 0.3) is 0 Å². The van der Waals surface area contributed by atoms with Crippen molar-refractivity contribution in [3.8, 4) is 0 Å². The molecule has 168 valence electrons. The highest BCUT2D eigenvalue weighted by molar-refractivity contribution is 5.92. The summed E-state index contributed by atoms with van der Waals surface area (Å²) < 4.78 is 5.18. The van der Waals surface area contributed by atoms with E-state index in [1.807, 2.05) is 13.0 Å². The summed E-state index contributed by atoms with van der Waals surface area (Å²) in [4.78, 5) is 39.6. The molecule has 3 amide bonds. The van der Waals surface area contributed by atoms with E-state index in [1.54, 1.807) is 52.0 Å². The smallest absolute Gasteiger partial charge is 0.408 e. The average Bonchev–Trinajstić information content (AvgIpc) is 2.69. The molecule has 8 nitrogen and oxygen atoms in total. The molecule has 0 fully saturated rings. The molecule has 0 aliphatic rings. The van der Waals surface area contributed by atoms with Crippen molar-refractivity contribution in [1.29, 1.82) is 0 Å². The van der Waals surface area contributed by atoms with E-state index in [1.165, 1.54) is 4.90 Å². The number of alkyl carbamates (subject to hydrolysis) is 1. The zero-order chi connectivity index (χ0) is 22.7. The van der Waals surface area contributed by atoms with Gasteiger partial charge in [0.2, 0.25) is 11.8 Å². The highest BCUT2D eigenvalue weighted by Gasteiger charge is 2.35. The van der Waals surface area contributed by atoms with Gasteiger partial charge in [-0.3, -0.25) is 9.59 Å². The van der Waals surface area contributed by atoms with Crippen molar-refractivity contribution < 1.29 is 24.2 Å². The van der Waals surface area contributed by atoms with Crippen LogP contribution in [-0.2, 0) is 14.3 Å². The van der Waals surface area contributed by atoms with Crippen LogP contribution in [0, 0.1) is 0 Å². The van der Waals surface area contributed by atoms with E-state index in [-0.39, 0.29) is 12.5 Å². The fourth-order valence-electron chi connectivity index (χ4n) is 2.89. The zero-order valence-corrected chi connectivity index (χ0v) is 18.6. The molecule has 0 bridgehead atoms. The molecule has 2 atom stereocenters. The van der Waals surface area contributed by atoms with Gasteiger partial charge in [-0.05, 0) is 39.7 Å². The lowest BCUT2D eigenvalue weighted by Gasteiger charge is -2.33. The number of likely N-dealkylation sites (N-methyl/N-ethyl adjacent to an activating group) is 1. The number of unbranched alkanes of at least 4 members (excludes halogenated alkanes) is 1. The second-order valence-electron chi connectivity index (χ2n) is 7.96. The van der Waals surface area contributed by atoms with Crippen LogP contribution >= 0.6 is 0 Å². The summed E-state index contributed by atoms with van der Waals surface area (Å²) in [7, 11) is 0. The summed E-state index contributed by atoms with van der Waals surface area (Å²) in [6.07, 6.45) is 0.945. The standard InChI is InChI=1S/C22H35N3O5/c1-6-8-14-23-19(27)18(16-12-10-9-11-13-16)25(7-2)20(28)17(15-26)24-21(29)30-22(3,4)5/h9-13,17-18,26H,6-8,14-15H2,1-5H3,(H,23,27)(H,24,29). The molecular formula is C22H35N3O5. The predicted octanol–water partition coefficient (Wildman–Crippen LogP) is 2.38. The van der Waals surface area contributed by atoms with Crippen molar-refractivity contribution in [3.05, 3.63) is 35.9 Å². The molecule has 8 heteroatoms. The zero-order valence-electron chi connectivity index (χ0n) is 18.6. The van der Waals surface area contributed by atoms with Crippen LogP contribution in [0.4, 0.5) is 4.79 Å². The van der Waals surface area contributed by atoms with Gasteiger partial charge in [0.15, 0.2) is 0 Å². The molecule has 2 unspecified atom stereocenters. The van der Waals surface area contributed by atoms with Crippen molar-refractivity contribution in [3.63, 3.8) is 0 Å². The summed E-state index contributed by atoms with van der Waals surface area (Å²) in [5.74, 6) is -0.871. The molecule has 0 saturated carbocycles. The number of aliphatic hydroxyl groups is 1. The Labute approximate surface area is 179 Å². The molecule has 0 heterocycles. The number of aliphatic hydroxyl groups excluding tert-OH is 1. The van der Waals surface area contributed by atoms with E-state index in [0.29, 0.717) is 12.1 Å². The Morgan fingerprint density at radius 2 is 1.77 bits per heavy atom. The summed E-state index contributed by atoms with van der Waals surface area (Å²) in [5.41, 5.74) is -0.0980. The molecule has 30 heavy (non-hydrogen) atoms. The maximum atomic E-state index is 13.2. The predicted molar refractivity (Wildman–Crippen MR) is 115 cm³/mol. The molecule has 1 rings (SSSR count). The molecule has 0 aliphatic heterocycles. The Morgan fingerprint density at radius 3 is 2.27 bits per heavy atom. The number of rotatable bonds is 10. The Bertz CT molecular complexity index is 688. The summed E-state index contributed by atoms with van der Waals surface area (Å²) >= 11 is 0. The second-order valence-corrected chi connectivity index (χ2v) is 7.96. The van der Waals surface area contributed by atoms with Gasteiger partial charge in [-0.1, -0.05) is 43.7 Å². The SMILES string of the molecule is CCCCNC(=O)C(c1ccccc1)N(CC)C(=O)C(CO)NC(=O)OC(C)(C)C. The summed E-state index contributed by atoms with van der Waals surface area (Å²) in [6.45, 7) is 8.97. The first kappa shape index (κ1) is 25.4. The number of amides is 3. The second kappa shape index (κ2) is 12.2. The van der Waals surface area contributed by atoms with Crippen LogP contribution in [-0.4, -0.2) is 59.3 Å². The number of nitrogens with one attached hydrogen (secondary N) is 2. The van der Waals surface area contributed by atoms with E-state index in [0.717, 1.165) is 12.8 Å². The summed E-state index contributed by atoms with van der Waals surface area (Å²) in [6, 6.07) is 6.85. The molecule has 1 aromatic rings. The fourth-order valence-corrected chi connectivity index (χ4v) is 2.89. The Balaban J connectivity index is 3.10. The number of carbonyl (C=O) groups excluding carboxylic acids is 3. The fraction of sp³-hybridized carbons (Fsp3) is 0.591. The first-order chi connectivity index (χ1) is 14.1. The van der Waals surface area contributed by atoms with Crippen LogP contribution in [0.2, 0.25) is 0 Å². The maximum Gasteiger partial charge on any atom is 0.408 e. The number of ether oxygens (including phenoxy) is 1. The normalized spacial score (nSPS) is 13.1. The van der Waals surface area contributed by atoms with Gasteiger partial charge in [0.1, 0.15) is 17.7 Å². The molecule has 0 radical (unpaired) electrons. The van der Waals surface area contributed by atoms with E-state index >= 15 is 0 Å². The maximum absolute atomic E-state index is 13.2. The Hall–Kier alpha value is -2.61. The average molecular weight is 422 g/mol. The quantitative estimate of drug-likeness (QED) is 0.503. The van der Waals surface area contributed by atoms with E-state index < -0.39 is 36.3 Å². The van der Waals surface area contributed by atoms with Gasteiger partial charge >= 0.3 is 6.09 Å². The monoisotopic (exact) mass is 421 g/mol.